The molecule has 0 bridgehead atoms. The normalized spacial score (nSPS) is 8.08. The smallest absolute Gasteiger partial charge is 0.663 e. The van der Waals surface area contributed by atoms with Crippen LogP contribution in [-0.2, 0) is 22.4 Å². The maximum Gasteiger partial charge on any atom is 5.00 e. The van der Waals surface area contributed by atoms with Crippen LogP contribution in [0, 0.1) is 0 Å². The number of hydrogen-bond acceptors (Lipinski definition) is 0. The van der Waals surface area contributed by atoms with Gasteiger partial charge in [0.2, 0.25) is 0 Å². The Morgan fingerprint density at radius 3 is 0.346 bits per heavy atom. The Balaban J connectivity index is -0.0000000476. The predicted octanol–water partition coefficient (Wildman–Crippen LogP) is 7.00. The summed E-state index contributed by atoms with van der Waals surface area (Å²) in [6.07, 6.45) is 0. The second-order valence-corrected chi connectivity index (χ2v) is 4.28. The first-order valence-corrected chi connectivity index (χ1v) is 10.2. The summed E-state index contributed by atoms with van der Waals surface area (Å²) in [6, 6.07) is 0. The van der Waals surface area contributed by atoms with Crippen LogP contribution in [0.25, 0.3) is 26.6 Å². The van der Waals surface area contributed by atoms with Crippen molar-refractivity contribution in [3.63, 3.8) is 0 Å². The second-order valence-electron chi connectivity index (χ2n) is 4.28. The summed E-state index contributed by atoms with van der Waals surface area (Å²) in [5.74, 6) is 0. The third-order valence-corrected chi connectivity index (χ3v) is 2.24. The minimum atomic E-state index is 0. The molecular weight excluding hydrogens is 403 g/mol. The zero-order valence-corrected chi connectivity index (χ0v) is 22.0. The summed E-state index contributed by atoms with van der Waals surface area (Å²) in [6.45, 7) is 30.1. The van der Waals surface area contributed by atoms with Crippen molar-refractivity contribution in [2.24, 2.45) is 0 Å². The van der Waals surface area contributed by atoms with Gasteiger partial charge in [0.15, 0.2) is 0 Å². The molecule has 0 aliphatic carbocycles. The van der Waals surface area contributed by atoms with Crippen LogP contribution in [0.5, 0.6) is 0 Å². The molecular formula is C20H50N5Nb. The molecule has 0 aromatic rings. The van der Waals surface area contributed by atoms with E-state index in [1.165, 1.54) is 0 Å². The number of nitrogens with zero attached hydrogens (tertiary/aromatic N) is 5. The van der Waals surface area contributed by atoms with E-state index in [1.807, 2.05) is 69.2 Å². The van der Waals surface area contributed by atoms with Gasteiger partial charge in [-0.25, -0.2) is 0 Å². The van der Waals surface area contributed by atoms with Crippen LogP contribution in [0.15, 0.2) is 0 Å². The molecule has 0 atom stereocenters. The van der Waals surface area contributed by atoms with Crippen molar-refractivity contribution in [1.82, 2.24) is 0 Å². The van der Waals surface area contributed by atoms with Gasteiger partial charge in [-0.1, -0.05) is 69.2 Å². The van der Waals surface area contributed by atoms with Crippen LogP contribution in [0.3, 0.4) is 0 Å². The molecule has 0 unspecified atom stereocenters. The average Bonchev–Trinajstić information content (AvgIpc) is 2.61. The molecule has 26 heavy (non-hydrogen) atoms. The zero-order chi connectivity index (χ0) is 20.6. The van der Waals surface area contributed by atoms with E-state index in [9.17, 15) is 0 Å². The third-order valence-electron chi connectivity index (χ3n) is 2.24. The Bertz CT molecular complexity index is 96.5. The van der Waals surface area contributed by atoms with Crippen LogP contribution in [0.4, 0.5) is 0 Å². The Morgan fingerprint density at radius 2 is 0.346 bits per heavy atom. The van der Waals surface area contributed by atoms with E-state index >= 15 is 0 Å². The molecule has 0 saturated carbocycles. The van der Waals surface area contributed by atoms with E-state index in [0.717, 1.165) is 65.4 Å². The first-order valence-electron chi connectivity index (χ1n) is 10.2. The maximum atomic E-state index is 3.97. The van der Waals surface area contributed by atoms with Crippen LogP contribution >= 0.6 is 0 Å². The molecule has 160 valence electrons. The summed E-state index contributed by atoms with van der Waals surface area (Å²) in [5, 5.41) is 19.9. The van der Waals surface area contributed by atoms with Gasteiger partial charge in [-0.15, -0.1) is 0 Å². The molecule has 0 radical (unpaired) electrons. The Kier molecular flexibility index (Phi) is 101. The Hall–Kier alpha value is 0.540. The van der Waals surface area contributed by atoms with Crippen molar-refractivity contribution in [3.05, 3.63) is 26.6 Å². The quantitative estimate of drug-likeness (QED) is 0.320. The fourth-order valence-electron chi connectivity index (χ4n) is 1.12. The van der Waals surface area contributed by atoms with E-state index < -0.39 is 0 Å². The van der Waals surface area contributed by atoms with Crippen LogP contribution in [0.1, 0.15) is 69.2 Å². The van der Waals surface area contributed by atoms with E-state index in [2.05, 4.69) is 26.6 Å². The van der Waals surface area contributed by atoms with Gasteiger partial charge >= 0.3 is 22.4 Å². The maximum absolute atomic E-state index is 3.97. The third kappa shape index (κ3) is 122. The topological polar surface area (TPSA) is 70.5 Å². The van der Waals surface area contributed by atoms with Crippen molar-refractivity contribution in [2.45, 2.75) is 69.2 Å². The van der Waals surface area contributed by atoms with Crippen LogP contribution in [0.2, 0.25) is 0 Å². The summed E-state index contributed by atoms with van der Waals surface area (Å²) in [7, 11) is 0. The molecule has 0 aromatic carbocycles. The average molecular weight is 454 g/mol. The minimum absolute atomic E-state index is 0. The van der Waals surface area contributed by atoms with Crippen LogP contribution < -0.4 is 0 Å². The minimum Gasteiger partial charge on any atom is -0.663 e. The van der Waals surface area contributed by atoms with Crippen LogP contribution in [-0.4, -0.2) is 65.4 Å². The SMILES string of the molecule is CC[N-]CC.CC[N-]CC.CC[N-]CC.CC[N-]CC.CC[N-]CC.[Nb+5]. The summed E-state index contributed by atoms with van der Waals surface area (Å²) in [5.41, 5.74) is 0. The number of rotatable bonds is 10. The largest absolute Gasteiger partial charge is 5.00 e. The molecule has 0 fully saturated rings. The molecule has 0 N–H and O–H groups in total. The first kappa shape index (κ1) is 41.0. The molecule has 0 saturated heterocycles. The van der Waals surface area contributed by atoms with Gasteiger partial charge in [0.25, 0.3) is 0 Å². The van der Waals surface area contributed by atoms with Crippen molar-refractivity contribution in [2.75, 3.05) is 65.4 Å². The fraction of sp³-hybridized carbons (Fsp3) is 1.00. The second kappa shape index (κ2) is 63.7. The summed E-state index contributed by atoms with van der Waals surface area (Å²) in [4.78, 5) is 0. The fourth-order valence-corrected chi connectivity index (χ4v) is 1.12. The summed E-state index contributed by atoms with van der Waals surface area (Å²) < 4.78 is 0. The molecule has 0 amide bonds. The molecule has 0 spiro atoms. The zero-order valence-electron chi connectivity index (χ0n) is 19.8. The van der Waals surface area contributed by atoms with E-state index in [4.69, 9.17) is 0 Å². The van der Waals surface area contributed by atoms with Gasteiger partial charge in [0.05, 0.1) is 0 Å². The molecule has 0 aliphatic rings. The molecule has 0 rings (SSSR count). The molecule has 0 aromatic heterocycles. The van der Waals surface area contributed by atoms with Gasteiger partial charge in [-0.3, -0.25) is 0 Å². The van der Waals surface area contributed by atoms with Crippen molar-refractivity contribution in [1.29, 1.82) is 0 Å². The van der Waals surface area contributed by atoms with E-state index in [-0.39, 0.29) is 22.4 Å². The first-order chi connectivity index (χ1) is 12.1. The van der Waals surface area contributed by atoms with Gasteiger partial charge in [0, 0.05) is 0 Å². The molecule has 5 nitrogen and oxygen atoms in total. The van der Waals surface area contributed by atoms with E-state index in [1.54, 1.807) is 0 Å². The Morgan fingerprint density at radius 1 is 0.269 bits per heavy atom. The standard InChI is InChI=1S/5C4H10N.Nb/c5*1-3-5-4-2;/h5*3-4H2,1-2H3;/q5*-1;+5. The van der Waals surface area contributed by atoms with Gasteiger partial charge in [-0.05, 0) is 0 Å². The molecule has 6 heteroatoms. The van der Waals surface area contributed by atoms with Crippen molar-refractivity contribution >= 4 is 0 Å². The predicted molar refractivity (Wildman–Crippen MR) is 122 cm³/mol. The molecule has 0 heterocycles. The van der Waals surface area contributed by atoms with Crippen molar-refractivity contribution < 1.29 is 22.4 Å². The van der Waals surface area contributed by atoms with Crippen molar-refractivity contribution in [3.8, 4) is 0 Å². The number of hydrogen-bond donors (Lipinski definition) is 0. The Labute approximate surface area is 183 Å². The summed E-state index contributed by atoms with van der Waals surface area (Å²) >= 11 is 0. The van der Waals surface area contributed by atoms with Gasteiger partial charge in [0.1, 0.15) is 0 Å². The van der Waals surface area contributed by atoms with Gasteiger partial charge in [-0.2, -0.15) is 65.4 Å². The van der Waals surface area contributed by atoms with Gasteiger partial charge < -0.3 is 26.6 Å². The molecule has 0 aliphatic heterocycles. The monoisotopic (exact) mass is 453 g/mol. The van der Waals surface area contributed by atoms with E-state index in [0.29, 0.717) is 0 Å².